The molecule has 106 valence electrons. The third-order valence-electron chi connectivity index (χ3n) is 3.81. The Morgan fingerprint density at radius 3 is 2.37 bits per heavy atom. The van der Waals surface area contributed by atoms with Crippen LogP contribution in [0.25, 0.3) is 0 Å². The van der Waals surface area contributed by atoms with E-state index in [2.05, 4.69) is 12.2 Å². The van der Waals surface area contributed by atoms with Crippen LogP contribution in [0.2, 0.25) is 0 Å². The number of halogens is 2. The molecule has 2 rings (SSSR count). The average molecular weight is 285 g/mol. The Bertz CT molecular complexity index is 372. The lowest BCUT2D eigenvalue weighted by atomic mass is 9.83. The van der Waals surface area contributed by atoms with Gasteiger partial charge in [0, 0.05) is 17.1 Å². The highest BCUT2D eigenvalue weighted by atomic mass is 32.2. The van der Waals surface area contributed by atoms with Crippen LogP contribution in [0.1, 0.15) is 32.6 Å². The molecule has 1 aromatic rings. The van der Waals surface area contributed by atoms with Gasteiger partial charge in [0.15, 0.2) is 0 Å². The fourth-order valence-electron chi connectivity index (χ4n) is 2.55. The van der Waals surface area contributed by atoms with Gasteiger partial charge < -0.3 is 5.32 Å². The molecule has 1 nitrogen and oxygen atoms in total. The third-order valence-corrected chi connectivity index (χ3v) is 4.53. The van der Waals surface area contributed by atoms with E-state index in [9.17, 15) is 8.78 Å². The summed E-state index contributed by atoms with van der Waals surface area (Å²) in [6.07, 6.45) is 5.26. The lowest BCUT2D eigenvalue weighted by Crippen LogP contribution is -2.20. The SMILES string of the molecule is CC1CCC(CNc2ccc(SC(F)F)cc2)CC1. The Balaban J connectivity index is 1.76. The summed E-state index contributed by atoms with van der Waals surface area (Å²) >= 11 is 0.592. The fraction of sp³-hybridized carbons (Fsp3) is 0.600. The minimum absolute atomic E-state index is 0.592. The zero-order valence-corrected chi connectivity index (χ0v) is 12.1. The molecule has 0 spiro atoms. The number of alkyl halides is 2. The van der Waals surface area contributed by atoms with Crippen LogP contribution in [0.3, 0.4) is 0 Å². The van der Waals surface area contributed by atoms with E-state index in [0.717, 1.165) is 24.1 Å². The van der Waals surface area contributed by atoms with Crippen LogP contribution >= 0.6 is 11.8 Å². The maximum atomic E-state index is 12.2. The molecule has 0 amide bonds. The molecule has 0 bridgehead atoms. The van der Waals surface area contributed by atoms with Crippen molar-refractivity contribution in [1.29, 1.82) is 0 Å². The Morgan fingerprint density at radius 1 is 1.16 bits per heavy atom. The van der Waals surface area contributed by atoms with E-state index >= 15 is 0 Å². The smallest absolute Gasteiger partial charge is 0.288 e. The molecule has 4 heteroatoms. The molecular weight excluding hydrogens is 264 g/mol. The van der Waals surface area contributed by atoms with Crippen LogP contribution in [0, 0.1) is 11.8 Å². The first-order chi connectivity index (χ1) is 9.13. The van der Waals surface area contributed by atoms with E-state index in [1.165, 1.54) is 25.7 Å². The van der Waals surface area contributed by atoms with Gasteiger partial charge in [0.2, 0.25) is 0 Å². The first-order valence-corrected chi connectivity index (χ1v) is 7.80. The maximum absolute atomic E-state index is 12.2. The van der Waals surface area contributed by atoms with E-state index in [4.69, 9.17) is 0 Å². The van der Waals surface area contributed by atoms with Crippen LogP contribution in [-0.4, -0.2) is 12.3 Å². The Hall–Kier alpha value is -0.770. The van der Waals surface area contributed by atoms with Crippen molar-refractivity contribution in [1.82, 2.24) is 0 Å². The Morgan fingerprint density at radius 2 is 1.79 bits per heavy atom. The lowest BCUT2D eigenvalue weighted by Gasteiger charge is -2.26. The van der Waals surface area contributed by atoms with Crippen molar-refractivity contribution in [3.05, 3.63) is 24.3 Å². The van der Waals surface area contributed by atoms with E-state index in [0.29, 0.717) is 16.7 Å². The zero-order chi connectivity index (χ0) is 13.7. The van der Waals surface area contributed by atoms with Crippen molar-refractivity contribution in [3.63, 3.8) is 0 Å². The van der Waals surface area contributed by atoms with Crippen molar-refractivity contribution < 1.29 is 8.78 Å². The van der Waals surface area contributed by atoms with Gasteiger partial charge in [-0.1, -0.05) is 31.5 Å². The van der Waals surface area contributed by atoms with Crippen molar-refractivity contribution in [2.45, 2.75) is 43.3 Å². The normalized spacial score (nSPS) is 23.6. The van der Waals surface area contributed by atoms with Gasteiger partial charge in [-0.2, -0.15) is 8.78 Å². The van der Waals surface area contributed by atoms with Crippen molar-refractivity contribution in [3.8, 4) is 0 Å². The first-order valence-electron chi connectivity index (χ1n) is 6.92. The Labute approximate surface area is 118 Å². The minimum atomic E-state index is -2.34. The molecule has 0 aromatic heterocycles. The molecular formula is C15H21F2NS. The van der Waals surface area contributed by atoms with Crippen LogP contribution in [0.5, 0.6) is 0 Å². The van der Waals surface area contributed by atoms with Crippen molar-refractivity contribution in [2.24, 2.45) is 11.8 Å². The maximum Gasteiger partial charge on any atom is 0.288 e. The number of nitrogens with one attached hydrogen (secondary N) is 1. The highest BCUT2D eigenvalue weighted by molar-refractivity contribution is 7.99. The quantitative estimate of drug-likeness (QED) is 0.742. The van der Waals surface area contributed by atoms with Gasteiger partial charge in [0.25, 0.3) is 5.76 Å². The summed E-state index contributed by atoms with van der Waals surface area (Å²) in [7, 11) is 0. The number of benzene rings is 1. The minimum Gasteiger partial charge on any atom is -0.385 e. The fourth-order valence-corrected chi connectivity index (χ4v) is 3.05. The number of thioether (sulfide) groups is 1. The van der Waals surface area contributed by atoms with Gasteiger partial charge in [-0.15, -0.1) is 0 Å². The summed E-state index contributed by atoms with van der Waals surface area (Å²) < 4.78 is 24.4. The predicted molar refractivity (Wildman–Crippen MR) is 77.9 cm³/mol. The molecule has 0 saturated heterocycles. The summed E-state index contributed by atoms with van der Waals surface area (Å²) in [5.74, 6) is -0.712. The standard InChI is InChI=1S/C15H21F2NS/c1-11-2-4-12(5-3-11)10-18-13-6-8-14(9-7-13)19-15(16)17/h6-9,11-12,15,18H,2-5,10H2,1H3. The van der Waals surface area contributed by atoms with Crippen LogP contribution < -0.4 is 5.32 Å². The number of hydrogen-bond acceptors (Lipinski definition) is 2. The highest BCUT2D eigenvalue weighted by Crippen LogP contribution is 2.29. The van der Waals surface area contributed by atoms with Crippen LogP contribution in [-0.2, 0) is 0 Å². The topological polar surface area (TPSA) is 12.0 Å². The summed E-state index contributed by atoms with van der Waals surface area (Å²) in [5, 5.41) is 3.41. The summed E-state index contributed by atoms with van der Waals surface area (Å²) in [6, 6.07) is 7.27. The van der Waals surface area contributed by atoms with Gasteiger partial charge in [0.05, 0.1) is 0 Å². The summed E-state index contributed by atoms with van der Waals surface area (Å²) in [4.78, 5) is 0.618. The molecule has 19 heavy (non-hydrogen) atoms. The Kier molecular flexibility index (Phi) is 5.49. The van der Waals surface area contributed by atoms with Gasteiger partial charge in [-0.25, -0.2) is 0 Å². The third kappa shape index (κ3) is 5.01. The summed E-state index contributed by atoms with van der Waals surface area (Å²) in [5.41, 5.74) is 1.03. The van der Waals surface area contributed by atoms with Crippen LogP contribution in [0.15, 0.2) is 29.2 Å². The monoisotopic (exact) mass is 285 g/mol. The molecule has 1 saturated carbocycles. The van der Waals surface area contributed by atoms with Crippen molar-refractivity contribution in [2.75, 3.05) is 11.9 Å². The van der Waals surface area contributed by atoms with Crippen molar-refractivity contribution >= 4 is 17.4 Å². The lowest BCUT2D eigenvalue weighted by molar-refractivity contribution is 0.252. The van der Waals surface area contributed by atoms with Gasteiger partial charge in [0.1, 0.15) is 0 Å². The van der Waals surface area contributed by atoms with E-state index in [-0.39, 0.29) is 0 Å². The second-order valence-corrected chi connectivity index (χ2v) is 6.47. The summed E-state index contributed by atoms with van der Waals surface area (Å²) in [6.45, 7) is 3.32. The average Bonchev–Trinajstić information content (AvgIpc) is 2.39. The largest absolute Gasteiger partial charge is 0.385 e. The molecule has 0 unspecified atom stereocenters. The number of rotatable bonds is 5. The second kappa shape index (κ2) is 7.13. The van der Waals surface area contributed by atoms with Gasteiger partial charge >= 0.3 is 0 Å². The molecule has 0 radical (unpaired) electrons. The molecule has 0 heterocycles. The second-order valence-electron chi connectivity index (χ2n) is 5.41. The molecule has 1 fully saturated rings. The van der Waals surface area contributed by atoms with E-state index < -0.39 is 5.76 Å². The van der Waals surface area contributed by atoms with E-state index in [1.54, 1.807) is 12.1 Å². The van der Waals surface area contributed by atoms with Gasteiger partial charge in [-0.05, 0) is 48.9 Å². The highest BCUT2D eigenvalue weighted by Gasteiger charge is 2.17. The predicted octanol–water partition coefficient (Wildman–Crippen LogP) is 5.24. The van der Waals surface area contributed by atoms with Crippen LogP contribution in [0.4, 0.5) is 14.5 Å². The molecule has 0 aliphatic heterocycles. The van der Waals surface area contributed by atoms with Gasteiger partial charge in [-0.3, -0.25) is 0 Å². The first kappa shape index (κ1) is 14.6. The molecule has 1 aromatic carbocycles. The number of hydrogen-bond donors (Lipinski definition) is 1. The molecule has 1 aliphatic carbocycles. The zero-order valence-electron chi connectivity index (χ0n) is 11.2. The molecule has 1 aliphatic rings. The molecule has 1 N–H and O–H groups in total. The molecule has 0 atom stereocenters. The van der Waals surface area contributed by atoms with E-state index in [1.807, 2.05) is 12.1 Å². The number of anilines is 1.